The van der Waals surface area contributed by atoms with E-state index in [4.69, 9.17) is 9.84 Å². The van der Waals surface area contributed by atoms with E-state index < -0.39 is 11.9 Å². The molecule has 0 unspecified atom stereocenters. The molecule has 0 saturated carbocycles. The monoisotopic (exact) mass is 352 g/mol. The van der Waals surface area contributed by atoms with Gasteiger partial charge in [0.2, 0.25) is 0 Å². The molecule has 2 aromatic rings. The Morgan fingerprint density at radius 3 is 2.67 bits per heavy atom. The number of aromatic carboxylic acids is 1. The van der Waals surface area contributed by atoms with Crippen molar-refractivity contribution < 1.29 is 19.4 Å². The molecule has 0 aliphatic heterocycles. The first-order chi connectivity index (χ1) is 9.92. The van der Waals surface area contributed by atoms with Gasteiger partial charge in [0.05, 0.1) is 18.4 Å². The highest BCUT2D eigenvalue weighted by molar-refractivity contribution is 9.10. The molecule has 0 atom stereocenters. The molecule has 0 spiro atoms. The number of carbonyl (C=O) groups is 2. The van der Waals surface area contributed by atoms with Gasteiger partial charge in [0.15, 0.2) is 0 Å². The number of hydrogen-bond acceptors (Lipinski definition) is 3. The van der Waals surface area contributed by atoms with E-state index in [0.717, 1.165) is 0 Å². The van der Waals surface area contributed by atoms with Crippen molar-refractivity contribution in [3.63, 3.8) is 0 Å². The first kappa shape index (κ1) is 15.1. The van der Waals surface area contributed by atoms with E-state index >= 15 is 0 Å². The number of aromatic nitrogens is 1. The molecule has 6 nitrogen and oxygen atoms in total. The number of carboxylic acid groups (broad SMARTS) is 1. The molecule has 0 fully saturated rings. The smallest absolute Gasteiger partial charge is 0.354 e. The van der Waals surface area contributed by atoms with Crippen molar-refractivity contribution in [3.8, 4) is 5.75 Å². The number of halogens is 1. The third kappa shape index (κ3) is 3.25. The van der Waals surface area contributed by atoms with Crippen molar-refractivity contribution in [2.24, 2.45) is 0 Å². The lowest BCUT2D eigenvalue weighted by molar-refractivity contribution is 0.0692. The van der Waals surface area contributed by atoms with Gasteiger partial charge in [0, 0.05) is 10.2 Å². The Morgan fingerprint density at radius 2 is 2.05 bits per heavy atom. The van der Waals surface area contributed by atoms with Crippen molar-refractivity contribution in [1.29, 1.82) is 0 Å². The van der Waals surface area contributed by atoms with Crippen molar-refractivity contribution >= 4 is 33.5 Å². The molecule has 0 radical (unpaired) electrons. The van der Waals surface area contributed by atoms with E-state index in [-0.39, 0.29) is 11.4 Å². The van der Waals surface area contributed by atoms with Crippen LogP contribution in [0, 0.1) is 6.92 Å². The number of amides is 1. The summed E-state index contributed by atoms with van der Waals surface area (Å²) in [5.41, 5.74) is 1.16. The summed E-state index contributed by atoms with van der Waals surface area (Å²) in [4.78, 5) is 26.1. The van der Waals surface area contributed by atoms with Crippen LogP contribution in [0.25, 0.3) is 0 Å². The van der Waals surface area contributed by atoms with Crippen LogP contribution in [0.5, 0.6) is 5.75 Å². The standard InChI is InChI=1S/C14H13BrN2O4/c1-7-5-11(12(16-7)14(19)20)17-13(18)9-6-8(21-2)3-4-10(9)15/h3-6,16H,1-2H3,(H,17,18)(H,19,20). The molecule has 1 amide bonds. The number of ether oxygens (including phenoxy) is 1. The number of aryl methyl sites for hydroxylation is 1. The zero-order chi connectivity index (χ0) is 15.6. The first-order valence-corrected chi connectivity index (χ1v) is 6.79. The largest absolute Gasteiger partial charge is 0.497 e. The van der Waals surface area contributed by atoms with Crippen LogP contribution < -0.4 is 10.1 Å². The lowest BCUT2D eigenvalue weighted by Crippen LogP contribution is -2.14. The van der Waals surface area contributed by atoms with Gasteiger partial charge in [-0.3, -0.25) is 4.79 Å². The van der Waals surface area contributed by atoms with Crippen LogP contribution in [-0.2, 0) is 0 Å². The van der Waals surface area contributed by atoms with Gasteiger partial charge >= 0.3 is 5.97 Å². The molecule has 21 heavy (non-hydrogen) atoms. The number of benzene rings is 1. The molecule has 7 heteroatoms. The Hall–Kier alpha value is -2.28. The quantitative estimate of drug-likeness (QED) is 0.788. The lowest BCUT2D eigenvalue weighted by Gasteiger charge is -2.08. The first-order valence-electron chi connectivity index (χ1n) is 6.00. The molecule has 1 aromatic heterocycles. The summed E-state index contributed by atoms with van der Waals surface area (Å²) < 4.78 is 5.66. The van der Waals surface area contributed by atoms with Gasteiger partial charge in [-0.25, -0.2) is 4.79 Å². The maximum absolute atomic E-state index is 12.3. The molecule has 1 heterocycles. The molecule has 0 saturated heterocycles. The summed E-state index contributed by atoms with van der Waals surface area (Å²) in [6.07, 6.45) is 0. The Bertz CT molecular complexity index is 709. The Morgan fingerprint density at radius 1 is 1.33 bits per heavy atom. The maximum atomic E-state index is 12.3. The maximum Gasteiger partial charge on any atom is 0.354 e. The van der Waals surface area contributed by atoms with Crippen molar-refractivity contribution in [2.75, 3.05) is 12.4 Å². The van der Waals surface area contributed by atoms with Crippen LogP contribution in [0.2, 0.25) is 0 Å². The van der Waals surface area contributed by atoms with E-state index in [9.17, 15) is 9.59 Å². The van der Waals surface area contributed by atoms with E-state index in [1.165, 1.54) is 7.11 Å². The fourth-order valence-corrected chi connectivity index (χ4v) is 2.28. The Kier molecular flexibility index (Phi) is 4.32. The molecular weight excluding hydrogens is 340 g/mol. The van der Waals surface area contributed by atoms with Crippen LogP contribution in [0.1, 0.15) is 26.5 Å². The zero-order valence-corrected chi connectivity index (χ0v) is 12.9. The normalized spacial score (nSPS) is 10.2. The fraction of sp³-hybridized carbons (Fsp3) is 0.143. The molecule has 1 aromatic carbocycles. The van der Waals surface area contributed by atoms with Gasteiger partial charge in [-0.2, -0.15) is 0 Å². The minimum atomic E-state index is -1.14. The van der Waals surface area contributed by atoms with Crippen LogP contribution in [0.3, 0.4) is 0 Å². The second kappa shape index (κ2) is 6.01. The fourth-order valence-electron chi connectivity index (χ4n) is 1.85. The number of aromatic amines is 1. The number of carboxylic acids is 1. The number of methoxy groups -OCH3 is 1. The number of anilines is 1. The summed E-state index contributed by atoms with van der Waals surface area (Å²) in [5, 5.41) is 11.7. The Labute approximate surface area is 129 Å². The van der Waals surface area contributed by atoms with E-state index in [2.05, 4.69) is 26.2 Å². The van der Waals surface area contributed by atoms with Crippen LogP contribution >= 0.6 is 15.9 Å². The summed E-state index contributed by atoms with van der Waals surface area (Å²) in [7, 11) is 1.50. The van der Waals surface area contributed by atoms with Crippen LogP contribution in [0.15, 0.2) is 28.7 Å². The third-order valence-corrected chi connectivity index (χ3v) is 3.52. The number of nitrogens with one attached hydrogen (secondary N) is 2. The van der Waals surface area contributed by atoms with Crippen LogP contribution in [-0.4, -0.2) is 29.1 Å². The van der Waals surface area contributed by atoms with Crippen molar-refractivity contribution in [3.05, 3.63) is 45.7 Å². The minimum absolute atomic E-state index is 0.0557. The van der Waals surface area contributed by atoms with Gasteiger partial charge in [-0.1, -0.05) is 0 Å². The van der Waals surface area contributed by atoms with Gasteiger partial charge in [-0.15, -0.1) is 0 Å². The average Bonchev–Trinajstić information content (AvgIpc) is 2.80. The lowest BCUT2D eigenvalue weighted by atomic mass is 10.2. The average molecular weight is 353 g/mol. The summed E-state index contributed by atoms with van der Waals surface area (Å²) >= 11 is 3.29. The van der Waals surface area contributed by atoms with Gasteiger partial charge < -0.3 is 20.1 Å². The number of rotatable bonds is 4. The highest BCUT2D eigenvalue weighted by Crippen LogP contribution is 2.24. The van der Waals surface area contributed by atoms with E-state index in [0.29, 0.717) is 21.5 Å². The van der Waals surface area contributed by atoms with E-state index in [1.54, 1.807) is 31.2 Å². The van der Waals surface area contributed by atoms with Gasteiger partial charge in [0.25, 0.3) is 5.91 Å². The second-order valence-electron chi connectivity index (χ2n) is 4.35. The topological polar surface area (TPSA) is 91.4 Å². The SMILES string of the molecule is COc1ccc(Br)c(C(=O)Nc2cc(C)[nH]c2C(=O)O)c1. The molecular formula is C14H13BrN2O4. The summed E-state index contributed by atoms with van der Waals surface area (Å²) in [6.45, 7) is 1.71. The second-order valence-corrected chi connectivity index (χ2v) is 5.20. The number of hydrogen-bond donors (Lipinski definition) is 3. The van der Waals surface area contributed by atoms with E-state index in [1.807, 2.05) is 0 Å². The number of carbonyl (C=O) groups excluding carboxylic acids is 1. The molecule has 0 aliphatic carbocycles. The van der Waals surface area contributed by atoms with Crippen LogP contribution in [0.4, 0.5) is 5.69 Å². The highest BCUT2D eigenvalue weighted by Gasteiger charge is 2.18. The minimum Gasteiger partial charge on any atom is -0.497 e. The predicted molar refractivity (Wildman–Crippen MR) is 81.1 cm³/mol. The number of H-pyrrole nitrogens is 1. The molecule has 2 rings (SSSR count). The summed E-state index contributed by atoms with van der Waals surface area (Å²) in [6, 6.07) is 6.53. The molecule has 110 valence electrons. The zero-order valence-electron chi connectivity index (χ0n) is 11.4. The highest BCUT2D eigenvalue weighted by atomic mass is 79.9. The molecule has 3 N–H and O–H groups in total. The van der Waals surface area contributed by atoms with Gasteiger partial charge in [-0.05, 0) is 47.1 Å². The predicted octanol–water partition coefficient (Wildman–Crippen LogP) is 3.04. The Balaban J connectivity index is 2.32. The van der Waals surface area contributed by atoms with Crippen molar-refractivity contribution in [1.82, 2.24) is 4.98 Å². The summed E-state index contributed by atoms with van der Waals surface area (Å²) in [5.74, 6) is -1.03. The van der Waals surface area contributed by atoms with Crippen molar-refractivity contribution in [2.45, 2.75) is 6.92 Å². The van der Waals surface area contributed by atoms with Gasteiger partial charge in [0.1, 0.15) is 11.4 Å². The molecule has 0 bridgehead atoms. The molecule has 0 aliphatic rings. The third-order valence-electron chi connectivity index (χ3n) is 2.83.